The molecule has 0 aliphatic heterocycles. The Bertz CT molecular complexity index is 3160. The Hall–Kier alpha value is -5.20. The molecule has 0 radical (unpaired) electrons. The van der Waals surface area contributed by atoms with Crippen LogP contribution in [0.5, 0.6) is 0 Å². The highest BCUT2D eigenvalue weighted by molar-refractivity contribution is 5.27. The molecule has 6 aromatic rings. The molecule has 1 saturated carbocycles. The van der Waals surface area contributed by atoms with E-state index in [-0.39, 0.29) is 0 Å². The molecule has 0 heterocycles. The summed E-state index contributed by atoms with van der Waals surface area (Å²) in [5.74, 6) is 14.2. The molecule has 1 fully saturated rings. The second-order valence-electron chi connectivity index (χ2n) is 40.3. The molecule has 0 aromatic heterocycles. The second-order valence-corrected chi connectivity index (χ2v) is 40.3. The highest BCUT2D eigenvalue weighted by Gasteiger charge is 2.30. The number of hydrogen-bond donors (Lipinski definition) is 0. The molecule has 12 atom stereocenters. The van der Waals surface area contributed by atoms with Crippen molar-refractivity contribution in [3.8, 4) is 0 Å². The topological polar surface area (TPSA) is 0 Å². The first-order chi connectivity index (χ1) is 53.0. The molecule has 630 valence electrons. The number of allylic oxidation sites excluding steroid dienone is 4. The second kappa shape index (κ2) is 57.0. The van der Waals surface area contributed by atoms with Crippen molar-refractivity contribution in [1.29, 1.82) is 0 Å². The Morgan fingerprint density at radius 1 is 0.339 bits per heavy atom. The maximum atomic E-state index is 2.48. The van der Waals surface area contributed by atoms with Crippen LogP contribution in [0, 0.1) is 100 Å². The molecule has 6 aromatic carbocycles. The number of unbranched alkanes of at least 4 members (excludes halogenated alkanes) is 1. The van der Waals surface area contributed by atoms with Crippen molar-refractivity contribution < 1.29 is 0 Å². The van der Waals surface area contributed by atoms with E-state index in [9.17, 15) is 0 Å². The predicted octanol–water partition coefficient (Wildman–Crippen LogP) is 36.2. The summed E-state index contributed by atoms with van der Waals surface area (Å²) in [6, 6.07) is 63.9. The van der Waals surface area contributed by atoms with Gasteiger partial charge in [-0.2, -0.15) is 0 Å². The standard InChI is InChI=1S/C21H36.C19H32.C18H28.C17H28.C15H24.C11H16.C11H18/c1-16(20(3,4)5)14-19(15-17(2)21(6,7)8)18-12-10-9-11-13-18;1-14(2)16(5)12-19(13-17(6)15(3)4)18-10-8-7-9-11-18;1-3-16(18-11-5-4-6-12-18)14-13-15(2)17-9-7-8-10-17;1-6-15(16-10-8-7-9-11-16)13-12-14(2)17(3,4)5;1-12(2)10-15(11-13(3)4)14-8-6-5-7-9-14;1-3-4-8-11-9-6-5-7-10(11)2;1-3-7-11-9-6-5-8-10(11)4-2/h9-13,16-17,19H,14-15H2,1-8H3;7-11,14-17,19H,12-13H2,1-6H3;4-6,11-12,15-17H,3,7-10,13-14H2,1-2H3;7-11,14-15H,6,12-13H2,1-5H3;5-9,12-13,15H,10-11H2,1-4H3;5-7,9H,3-4,8H2,1-2H3;5-6,8-11H,3-4,7H2,1-2H3/t2*16-,17+,19?;15-,16?;14-,15?;;;/m..11.../s1. The van der Waals surface area contributed by atoms with Crippen LogP contribution in [0.25, 0.3) is 0 Å². The van der Waals surface area contributed by atoms with Gasteiger partial charge in [0.15, 0.2) is 0 Å². The molecule has 2 aliphatic rings. The Labute approximate surface area is 699 Å². The molecule has 0 spiro atoms. The quantitative estimate of drug-likeness (QED) is 0.0378. The fourth-order valence-electron chi connectivity index (χ4n) is 16.2. The highest BCUT2D eigenvalue weighted by Crippen LogP contribution is 2.43. The van der Waals surface area contributed by atoms with E-state index in [1.54, 1.807) is 5.56 Å². The lowest BCUT2D eigenvalue weighted by molar-refractivity contribution is 0.192. The van der Waals surface area contributed by atoms with Crippen LogP contribution in [0.2, 0.25) is 0 Å². The van der Waals surface area contributed by atoms with Gasteiger partial charge in [-0.25, -0.2) is 0 Å². The van der Waals surface area contributed by atoms with Gasteiger partial charge in [0.1, 0.15) is 0 Å². The maximum absolute atomic E-state index is 2.48. The van der Waals surface area contributed by atoms with E-state index in [0.29, 0.717) is 22.2 Å². The van der Waals surface area contributed by atoms with Gasteiger partial charge in [0, 0.05) is 0 Å². The molecule has 0 heteroatoms. The third kappa shape index (κ3) is 43.7. The average Bonchev–Trinajstić information content (AvgIpc) is 0.890. The first-order valence-corrected chi connectivity index (χ1v) is 46.6. The molecule has 0 saturated heterocycles. The number of rotatable bonds is 34. The van der Waals surface area contributed by atoms with E-state index in [1.165, 1.54) is 175 Å². The van der Waals surface area contributed by atoms with Crippen molar-refractivity contribution in [2.75, 3.05) is 0 Å². The normalized spacial score (nSPS) is 17.1. The van der Waals surface area contributed by atoms with Crippen molar-refractivity contribution in [1.82, 2.24) is 0 Å². The van der Waals surface area contributed by atoms with E-state index < -0.39 is 0 Å². The van der Waals surface area contributed by atoms with Gasteiger partial charge in [-0.05, 0) is 271 Å². The summed E-state index contributed by atoms with van der Waals surface area (Å²) in [5, 5.41) is 0. The fraction of sp³-hybridized carbons (Fsp3) is 0.643. The monoisotopic (exact) mass is 1530 g/mol. The molecule has 0 N–H and O–H groups in total. The van der Waals surface area contributed by atoms with Crippen LogP contribution in [0.4, 0.5) is 0 Å². The summed E-state index contributed by atoms with van der Waals surface area (Å²) >= 11 is 0. The minimum atomic E-state index is 0.387. The van der Waals surface area contributed by atoms with Crippen molar-refractivity contribution in [3.05, 3.63) is 239 Å². The molecule has 8 rings (SSSR count). The molecule has 0 amide bonds. The Kier molecular flexibility index (Phi) is 52.3. The maximum Gasteiger partial charge on any atom is -0.0156 e. The minimum absolute atomic E-state index is 0.387. The van der Waals surface area contributed by atoms with Crippen LogP contribution in [0.15, 0.2) is 200 Å². The Balaban J connectivity index is 0.000000448. The molecule has 6 unspecified atom stereocenters. The summed E-state index contributed by atoms with van der Waals surface area (Å²) in [6.07, 6.45) is 38.6. The molecule has 2 aliphatic carbocycles. The van der Waals surface area contributed by atoms with Gasteiger partial charge in [-0.1, -0.05) is 433 Å². The van der Waals surface area contributed by atoms with Gasteiger partial charge >= 0.3 is 0 Å². The van der Waals surface area contributed by atoms with Gasteiger partial charge < -0.3 is 0 Å². The Morgan fingerprint density at radius 3 is 0.991 bits per heavy atom. The molecule has 0 nitrogen and oxygen atoms in total. The third-order valence-electron chi connectivity index (χ3n) is 26.8. The van der Waals surface area contributed by atoms with E-state index in [4.69, 9.17) is 0 Å². The van der Waals surface area contributed by atoms with Gasteiger partial charge in [0.05, 0.1) is 0 Å². The average molecular weight is 1530 g/mol. The van der Waals surface area contributed by atoms with Crippen molar-refractivity contribution in [3.63, 3.8) is 0 Å². The molecule has 112 heavy (non-hydrogen) atoms. The third-order valence-corrected chi connectivity index (χ3v) is 26.8. The van der Waals surface area contributed by atoms with E-state index in [2.05, 4.69) is 401 Å². The van der Waals surface area contributed by atoms with Gasteiger partial charge in [-0.3, -0.25) is 0 Å². The highest BCUT2D eigenvalue weighted by atomic mass is 14.4. The van der Waals surface area contributed by atoms with Crippen LogP contribution < -0.4 is 0 Å². The zero-order valence-electron chi connectivity index (χ0n) is 79.0. The number of benzene rings is 6. The van der Waals surface area contributed by atoms with Crippen LogP contribution >= 0.6 is 0 Å². The minimum Gasteiger partial charge on any atom is -0.0809 e. The lowest BCUT2D eigenvalue weighted by atomic mass is 9.70. The predicted molar refractivity (Wildman–Crippen MR) is 508 cm³/mol. The first kappa shape index (κ1) is 103. The molecule has 0 bridgehead atoms. The lowest BCUT2D eigenvalue weighted by Gasteiger charge is -2.35. The molecular weight excluding hydrogens is 1350 g/mol. The smallest absolute Gasteiger partial charge is 0.0156 e. The van der Waals surface area contributed by atoms with Crippen LogP contribution in [0.3, 0.4) is 0 Å². The lowest BCUT2D eigenvalue weighted by Crippen LogP contribution is -2.24. The van der Waals surface area contributed by atoms with Gasteiger partial charge in [-0.15, -0.1) is 0 Å². The van der Waals surface area contributed by atoms with Crippen molar-refractivity contribution >= 4 is 0 Å². The van der Waals surface area contributed by atoms with Crippen LogP contribution in [-0.2, 0) is 6.42 Å². The SMILES string of the molecule is CC(C)CC(CC(C)C)c1ccccc1.CC(C)[C@H](C)CC(C[C@H](C)C(C)C)c1ccccc1.CCC(CC[C@@H](C)C(C)(C)C)c1ccccc1.CCC(CC[C@@H](C)C1CCCC1)c1ccccc1.CCCC1C=CC=CC1CC.CCCCc1ccccc1C.C[C@H](CC(C[C@H](C)C(C)(C)C)c1ccccc1)C(C)(C)C. The Morgan fingerprint density at radius 2 is 0.670 bits per heavy atom. The van der Waals surface area contributed by atoms with Crippen molar-refractivity contribution in [2.45, 2.75) is 372 Å². The zero-order chi connectivity index (χ0) is 83.8. The van der Waals surface area contributed by atoms with Crippen LogP contribution in [-0.4, -0.2) is 0 Å². The summed E-state index contributed by atoms with van der Waals surface area (Å²) in [7, 11) is 0. The summed E-state index contributed by atoms with van der Waals surface area (Å²) in [5.41, 5.74) is 11.8. The van der Waals surface area contributed by atoms with E-state index >= 15 is 0 Å². The fourth-order valence-corrected chi connectivity index (χ4v) is 16.2. The summed E-state index contributed by atoms with van der Waals surface area (Å²) < 4.78 is 0. The van der Waals surface area contributed by atoms with E-state index in [1.807, 2.05) is 0 Å². The zero-order valence-corrected chi connectivity index (χ0v) is 79.0. The largest absolute Gasteiger partial charge is 0.0809 e. The first-order valence-electron chi connectivity index (χ1n) is 46.6. The van der Waals surface area contributed by atoms with E-state index in [0.717, 1.165) is 101 Å². The number of aryl methyl sites for hydroxylation is 2. The summed E-state index contributed by atoms with van der Waals surface area (Å²) in [4.78, 5) is 0. The number of hydrogen-bond acceptors (Lipinski definition) is 0. The van der Waals surface area contributed by atoms with Crippen molar-refractivity contribution in [2.24, 2.45) is 93.2 Å². The summed E-state index contributed by atoms with van der Waals surface area (Å²) in [6.45, 7) is 68.0. The van der Waals surface area contributed by atoms with Crippen LogP contribution in [0.1, 0.15) is 397 Å². The molecular formula is C112H182. The van der Waals surface area contributed by atoms with Gasteiger partial charge in [0.25, 0.3) is 0 Å². The van der Waals surface area contributed by atoms with Gasteiger partial charge in [0.2, 0.25) is 0 Å².